The second-order valence-corrected chi connectivity index (χ2v) is 5.58. The Bertz CT molecular complexity index is 578. The maximum atomic E-state index is 12.7. The van der Waals surface area contributed by atoms with E-state index < -0.39 is 29.4 Å². The van der Waals surface area contributed by atoms with Gasteiger partial charge in [-0.05, 0) is 24.0 Å². The van der Waals surface area contributed by atoms with E-state index in [0.717, 1.165) is 25.0 Å². The summed E-state index contributed by atoms with van der Waals surface area (Å²) in [5, 5.41) is 0. The first-order valence-electron chi connectivity index (χ1n) is 6.93. The van der Waals surface area contributed by atoms with Crippen molar-refractivity contribution >= 4 is 6.08 Å². The number of hydrogen-bond acceptors (Lipinski definition) is 2. The second-order valence-electron chi connectivity index (χ2n) is 5.58. The van der Waals surface area contributed by atoms with Crippen molar-refractivity contribution in [1.29, 1.82) is 0 Å². The van der Waals surface area contributed by atoms with E-state index in [1.807, 2.05) is 0 Å². The van der Waals surface area contributed by atoms with Crippen LogP contribution in [0.2, 0.25) is 0 Å². The van der Waals surface area contributed by atoms with Crippen molar-refractivity contribution in [3.8, 4) is 0 Å². The lowest BCUT2D eigenvalue weighted by molar-refractivity contribution is -0.253. The normalized spacial score (nSPS) is 18.0. The van der Waals surface area contributed by atoms with E-state index in [2.05, 4.69) is 4.99 Å². The summed E-state index contributed by atoms with van der Waals surface area (Å²) in [7, 11) is 0. The molecule has 2 rings (SSSR count). The minimum absolute atomic E-state index is 0.435. The van der Waals surface area contributed by atoms with Crippen molar-refractivity contribution in [1.82, 2.24) is 0 Å². The molecule has 0 spiro atoms. The minimum atomic E-state index is -5.42. The lowest BCUT2D eigenvalue weighted by atomic mass is 9.87. The number of nitrogens with zero attached hydrogens (tertiary/aromatic N) is 1. The maximum absolute atomic E-state index is 12.7. The molecular weight excluding hydrogens is 324 g/mol. The zero-order valence-electron chi connectivity index (χ0n) is 11.8. The molecule has 0 aliphatic heterocycles. The summed E-state index contributed by atoms with van der Waals surface area (Å²) < 4.78 is 76.3. The molecular formula is C15H13F6NO. The minimum Gasteiger partial charge on any atom is -0.211 e. The van der Waals surface area contributed by atoms with E-state index in [0.29, 0.717) is 18.4 Å². The molecule has 0 aromatic heterocycles. The van der Waals surface area contributed by atoms with E-state index in [1.165, 1.54) is 18.2 Å². The van der Waals surface area contributed by atoms with Gasteiger partial charge in [0, 0.05) is 0 Å². The van der Waals surface area contributed by atoms with Crippen LogP contribution >= 0.6 is 0 Å². The van der Waals surface area contributed by atoms with Crippen molar-refractivity contribution < 1.29 is 31.1 Å². The number of hydrogen-bond donors (Lipinski definition) is 0. The molecule has 0 N–H and O–H groups in total. The van der Waals surface area contributed by atoms with Crippen LogP contribution in [0.1, 0.15) is 42.7 Å². The van der Waals surface area contributed by atoms with Crippen LogP contribution in [-0.4, -0.2) is 18.4 Å². The summed E-state index contributed by atoms with van der Waals surface area (Å²) in [5.74, 6) is -3.53. The predicted octanol–water partition coefficient (Wildman–Crippen LogP) is 5.00. The fourth-order valence-corrected chi connectivity index (χ4v) is 3.06. The molecule has 0 amide bonds. The second kappa shape index (κ2) is 6.00. The fraction of sp³-hybridized carbons (Fsp3) is 0.533. The summed E-state index contributed by atoms with van der Waals surface area (Å²) >= 11 is 0. The molecule has 1 aliphatic rings. The summed E-state index contributed by atoms with van der Waals surface area (Å²) in [4.78, 5) is 14.3. The summed E-state index contributed by atoms with van der Waals surface area (Å²) in [6.07, 6.45) is -6.81. The van der Waals surface area contributed by atoms with E-state index >= 15 is 0 Å². The zero-order valence-corrected chi connectivity index (χ0v) is 11.8. The van der Waals surface area contributed by atoms with Crippen LogP contribution in [0.5, 0.6) is 0 Å². The topological polar surface area (TPSA) is 29.4 Å². The van der Waals surface area contributed by atoms with E-state index in [1.54, 1.807) is 0 Å². The lowest BCUT2D eigenvalue weighted by Crippen LogP contribution is -2.34. The Morgan fingerprint density at radius 2 is 1.43 bits per heavy atom. The first-order valence-corrected chi connectivity index (χ1v) is 6.93. The lowest BCUT2D eigenvalue weighted by Gasteiger charge is -2.26. The highest BCUT2D eigenvalue weighted by atomic mass is 19.4. The van der Waals surface area contributed by atoms with Crippen LogP contribution in [0.4, 0.5) is 26.3 Å². The third-order valence-electron chi connectivity index (χ3n) is 4.13. The van der Waals surface area contributed by atoms with Crippen molar-refractivity contribution in [2.75, 3.05) is 0 Å². The predicted molar refractivity (Wildman–Crippen MR) is 69.6 cm³/mol. The SMILES string of the molecule is O=C=NC1(c2ccc(C(C(F)(F)F)C(F)(F)F)cc2)CCCC1. The molecule has 0 radical (unpaired) electrons. The van der Waals surface area contributed by atoms with Crippen molar-refractivity contribution in [2.24, 2.45) is 4.99 Å². The third-order valence-corrected chi connectivity index (χ3v) is 4.13. The first-order chi connectivity index (χ1) is 10.6. The zero-order chi connectivity index (χ0) is 17.3. The molecule has 126 valence electrons. The highest BCUT2D eigenvalue weighted by Crippen LogP contribution is 2.47. The number of rotatable bonds is 3. The van der Waals surface area contributed by atoms with Gasteiger partial charge in [0.25, 0.3) is 0 Å². The summed E-state index contributed by atoms with van der Waals surface area (Å²) in [6, 6.07) is 3.99. The van der Waals surface area contributed by atoms with Gasteiger partial charge < -0.3 is 0 Å². The van der Waals surface area contributed by atoms with Gasteiger partial charge in [0.15, 0.2) is 5.92 Å². The van der Waals surface area contributed by atoms with Gasteiger partial charge in [-0.2, -0.15) is 31.3 Å². The Labute approximate surface area is 128 Å². The van der Waals surface area contributed by atoms with Gasteiger partial charge >= 0.3 is 12.4 Å². The quantitative estimate of drug-likeness (QED) is 0.434. The molecule has 23 heavy (non-hydrogen) atoms. The van der Waals surface area contributed by atoms with Gasteiger partial charge in [-0.3, -0.25) is 0 Å². The van der Waals surface area contributed by atoms with E-state index in [9.17, 15) is 31.1 Å². The number of benzene rings is 1. The van der Waals surface area contributed by atoms with Crippen LogP contribution in [0.15, 0.2) is 29.3 Å². The average Bonchev–Trinajstić information content (AvgIpc) is 2.86. The van der Waals surface area contributed by atoms with Gasteiger partial charge in [0.1, 0.15) is 0 Å². The number of carbonyl (C=O) groups excluding carboxylic acids is 1. The first kappa shape index (κ1) is 17.5. The smallest absolute Gasteiger partial charge is 0.211 e. The van der Waals surface area contributed by atoms with Crippen molar-refractivity contribution in [3.63, 3.8) is 0 Å². The number of alkyl halides is 6. The van der Waals surface area contributed by atoms with Gasteiger partial charge in [-0.1, -0.05) is 37.1 Å². The standard InChI is InChI=1S/C15H13F6NO/c16-14(17,18)12(15(19,20)21)10-3-5-11(6-4-10)13(22-9-23)7-1-2-8-13/h3-6,12H,1-2,7-8H2. The molecule has 1 aliphatic carbocycles. The fourth-order valence-electron chi connectivity index (χ4n) is 3.06. The highest BCUT2D eigenvalue weighted by molar-refractivity contribution is 5.40. The molecule has 8 heteroatoms. The Balaban J connectivity index is 2.40. The van der Waals surface area contributed by atoms with Gasteiger partial charge in [-0.25, -0.2) is 4.79 Å². The van der Waals surface area contributed by atoms with Crippen molar-refractivity contribution in [2.45, 2.75) is 49.5 Å². The van der Waals surface area contributed by atoms with E-state index in [4.69, 9.17) is 0 Å². The average molecular weight is 337 g/mol. The molecule has 2 nitrogen and oxygen atoms in total. The summed E-state index contributed by atoms with van der Waals surface area (Å²) in [6.45, 7) is 0. The molecule has 0 bridgehead atoms. The van der Waals surface area contributed by atoms with Gasteiger partial charge in [-0.15, -0.1) is 0 Å². The number of halogens is 6. The van der Waals surface area contributed by atoms with Crippen LogP contribution in [0.25, 0.3) is 0 Å². The highest BCUT2D eigenvalue weighted by Gasteiger charge is 2.57. The number of isocyanates is 1. The molecule has 1 fully saturated rings. The Morgan fingerprint density at radius 3 is 1.83 bits per heavy atom. The molecule has 1 saturated carbocycles. The largest absolute Gasteiger partial charge is 0.404 e. The van der Waals surface area contributed by atoms with Crippen LogP contribution in [0, 0.1) is 0 Å². The van der Waals surface area contributed by atoms with E-state index in [-0.39, 0.29) is 0 Å². The van der Waals surface area contributed by atoms with Crippen LogP contribution in [0.3, 0.4) is 0 Å². The molecule has 1 aromatic rings. The molecule has 1 aromatic carbocycles. The summed E-state index contributed by atoms with van der Waals surface area (Å²) in [5.41, 5.74) is -1.33. The third kappa shape index (κ3) is 3.58. The Morgan fingerprint density at radius 1 is 0.957 bits per heavy atom. The maximum Gasteiger partial charge on any atom is 0.404 e. The monoisotopic (exact) mass is 337 g/mol. The number of aliphatic imine (C=N–C) groups is 1. The molecule has 0 atom stereocenters. The van der Waals surface area contributed by atoms with Crippen LogP contribution < -0.4 is 0 Å². The molecule has 0 saturated heterocycles. The molecule has 0 heterocycles. The van der Waals surface area contributed by atoms with Gasteiger partial charge in [0.05, 0.1) is 5.54 Å². The Hall–Kier alpha value is -1.82. The van der Waals surface area contributed by atoms with Crippen molar-refractivity contribution in [3.05, 3.63) is 35.4 Å². The van der Waals surface area contributed by atoms with Crippen LogP contribution in [-0.2, 0) is 10.3 Å². The van der Waals surface area contributed by atoms with Gasteiger partial charge in [0.2, 0.25) is 6.08 Å². The Kier molecular flexibility index (Phi) is 4.57. The molecule has 0 unspecified atom stereocenters.